The molecule has 0 radical (unpaired) electrons. The van der Waals surface area contributed by atoms with Crippen LogP contribution in [0.2, 0.25) is 0 Å². The maximum atomic E-state index is 12.3. The molecule has 2 aliphatic rings. The maximum Gasteiger partial charge on any atom is 0.242 e. The van der Waals surface area contributed by atoms with Crippen molar-refractivity contribution in [1.29, 1.82) is 0 Å². The Balaban J connectivity index is 1.51. The van der Waals surface area contributed by atoms with Gasteiger partial charge in [0.25, 0.3) is 0 Å². The summed E-state index contributed by atoms with van der Waals surface area (Å²) in [7, 11) is 0. The molecule has 2 aliphatic heterocycles. The lowest BCUT2D eigenvalue weighted by molar-refractivity contribution is -0.130. The van der Waals surface area contributed by atoms with Gasteiger partial charge in [-0.1, -0.05) is 30.3 Å². The van der Waals surface area contributed by atoms with E-state index < -0.39 is 6.04 Å². The van der Waals surface area contributed by atoms with Crippen molar-refractivity contribution in [3.63, 3.8) is 0 Å². The first kappa shape index (κ1) is 16.9. The van der Waals surface area contributed by atoms with Crippen LogP contribution in [-0.2, 0) is 14.3 Å². The number of hydrogen-bond donors (Lipinski definition) is 2. The second-order valence-corrected chi connectivity index (χ2v) is 6.41. The van der Waals surface area contributed by atoms with Crippen LogP contribution < -0.4 is 10.6 Å². The first-order valence-electron chi connectivity index (χ1n) is 8.68. The highest BCUT2D eigenvalue weighted by atomic mass is 16.5. The number of hydrogen-bond acceptors (Lipinski definition) is 4. The smallest absolute Gasteiger partial charge is 0.242 e. The van der Waals surface area contributed by atoms with Crippen molar-refractivity contribution >= 4 is 11.8 Å². The van der Waals surface area contributed by atoms with Crippen LogP contribution in [0.3, 0.4) is 0 Å². The number of carbonyl (C=O) groups is 2. The van der Waals surface area contributed by atoms with Crippen molar-refractivity contribution in [2.45, 2.75) is 31.4 Å². The first-order chi connectivity index (χ1) is 11.7. The molecule has 2 atom stereocenters. The van der Waals surface area contributed by atoms with Gasteiger partial charge in [-0.05, 0) is 24.8 Å². The Labute approximate surface area is 142 Å². The number of nitrogens with zero attached hydrogens (tertiary/aromatic N) is 1. The Morgan fingerprint density at radius 2 is 2.12 bits per heavy atom. The van der Waals surface area contributed by atoms with Crippen molar-refractivity contribution in [3.8, 4) is 0 Å². The van der Waals surface area contributed by atoms with Crippen LogP contribution in [0.1, 0.15) is 30.9 Å². The number of nitrogens with one attached hydrogen (secondary N) is 2. The largest absolute Gasteiger partial charge is 0.371 e. The van der Waals surface area contributed by atoms with Crippen molar-refractivity contribution in [1.82, 2.24) is 15.5 Å². The van der Waals surface area contributed by atoms with Gasteiger partial charge in [0, 0.05) is 19.6 Å². The van der Waals surface area contributed by atoms with E-state index in [9.17, 15) is 9.59 Å². The molecule has 0 aromatic heterocycles. The van der Waals surface area contributed by atoms with Gasteiger partial charge < -0.3 is 15.4 Å². The molecule has 0 bridgehead atoms. The molecular weight excluding hydrogens is 306 g/mol. The van der Waals surface area contributed by atoms with E-state index in [-0.39, 0.29) is 17.9 Å². The summed E-state index contributed by atoms with van der Waals surface area (Å²) in [5, 5.41) is 5.72. The van der Waals surface area contributed by atoms with Gasteiger partial charge in [0.1, 0.15) is 6.04 Å². The molecule has 2 fully saturated rings. The van der Waals surface area contributed by atoms with Crippen molar-refractivity contribution in [2.24, 2.45) is 0 Å². The van der Waals surface area contributed by atoms with E-state index in [0.717, 1.165) is 24.9 Å². The molecule has 0 saturated carbocycles. The van der Waals surface area contributed by atoms with Gasteiger partial charge in [-0.15, -0.1) is 0 Å². The minimum atomic E-state index is -0.397. The Kier molecular flexibility index (Phi) is 5.82. The lowest BCUT2D eigenvalue weighted by atomic mass is 10.1. The topological polar surface area (TPSA) is 70.7 Å². The zero-order valence-corrected chi connectivity index (χ0v) is 13.9. The summed E-state index contributed by atoms with van der Waals surface area (Å²) in [6.07, 6.45) is 2.64. The minimum absolute atomic E-state index is 0.00562. The zero-order valence-electron chi connectivity index (χ0n) is 13.9. The molecule has 2 saturated heterocycles. The summed E-state index contributed by atoms with van der Waals surface area (Å²) in [5.74, 6) is -0.157. The molecule has 0 spiro atoms. The number of carbonyl (C=O) groups excluding carboxylic acids is 2. The van der Waals surface area contributed by atoms with Gasteiger partial charge in [-0.25, -0.2) is 0 Å². The van der Waals surface area contributed by atoms with E-state index in [4.69, 9.17) is 4.74 Å². The number of ether oxygens (including phenoxy) is 1. The predicted molar refractivity (Wildman–Crippen MR) is 90.4 cm³/mol. The van der Waals surface area contributed by atoms with E-state index in [2.05, 4.69) is 15.5 Å². The maximum absolute atomic E-state index is 12.3. The molecule has 3 rings (SSSR count). The Morgan fingerprint density at radius 1 is 1.29 bits per heavy atom. The standard InChI is InChI=1S/C18H25N3O3/c22-17(20-15-8-4-5-9-19-18(15)23)13-21-10-11-24-16(12-21)14-6-2-1-3-7-14/h1-3,6-7,15-16H,4-5,8-13H2,(H,19,23)(H,20,22)/t15-,16-/m1/s1. The molecule has 6 nitrogen and oxygen atoms in total. The quantitative estimate of drug-likeness (QED) is 0.858. The molecule has 130 valence electrons. The van der Waals surface area contributed by atoms with Gasteiger partial charge in [-0.2, -0.15) is 0 Å². The second kappa shape index (κ2) is 8.26. The summed E-state index contributed by atoms with van der Waals surface area (Å²) < 4.78 is 5.82. The number of rotatable bonds is 4. The minimum Gasteiger partial charge on any atom is -0.371 e. The van der Waals surface area contributed by atoms with Crippen LogP contribution in [-0.4, -0.2) is 55.5 Å². The van der Waals surface area contributed by atoms with E-state index in [1.807, 2.05) is 30.3 Å². The second-order valence-electron chi connectivity index (χ2n) is 6.41. The normalized spacial score (nSPS) is 25.6. The predicted octanol–water partition coefficient (Wildman–Crippen LogP) is 0.845. The fourth-order valence-corrected chi connectivity index (χ4v) is 3.24. The molecule has 24 heavy (non-hydrogen) atoms. The van der Waals surface area contributed by atoms with E-state index >= 15 is 0 Å². The Hall–Kier alpha value is -1.92. The van der Waals surface area contributed by atoms with Crippen molar-refractivity contribution in [3.05, 3.63) is 35.9 Å². The first-order valence-corrected chi connectivity index (χ1v) is 8.68. The highest BCUT2D eigenvalue weighted by Gasteiger charge is 2.26. The van der Waals surface area contributed by atoms with E-state index in [0.29, 0.717) is 32.7 Å². The fraction of sp³-hybridized carbons (Fsp3) is 0.556. The molecule has 1 aromatic carbocycles. The van der Waals surface area contributed by atoms with Crippen LogP contribution in [0.25, 0.3) is 0 Å². The van der Waals surface area contributed by atoms with Gasteiger partial charge in [0.05, 0.1) is 19.3 Å². The third-order valence-electron chi connectivity index (χ3n) is 4.56. The van der Waals surface area contributed by atoms with Crippen LogP contribution in [0, 0.1) is 0 Å². The fourth-order valence-electron chi connectivity index (χ4n) is 3.24. The number of morpholine rings is 1. The third-order valence-corrected chi connectivity index (χ3v) is 4.56. The summed E-state index contributed by atoms with van der Waals surface area (Å²) in [5.41, 5.74) is 1.13. The van der Waals surface area contributed by atoms with Gasteiger partial charge >= 0.3 is 0 Å². The lowest BCUT2D eigenvalue weighted by Gasteiger charge is -2.33. The lowest BCUT2D eigenvalue weighted by Crippen LogP contribution is -2.50. The molecular formula is C18H25N3O3. The zero-order chi connectivity index (χ0) is 16.8. The highest BCUT2D eigenvalue weighted by molar-refractivity contribution is 5.88. The molecule has 6 heteroatoms. The van der Waals surface area contributed by atoms with Gasteiger partial charge in [0.2, 0.25) is 11.8 Å². The molecule has 2 heterocycles. The van der Waals surface area contributed by atoms with Crippen LogP contribution in [0.5, 0.6) is 0 Å². The average Bonchev–Trinajstić information content (AvgIpc) is 2.80. The van der Waals surface area contributed by atoms with Crippen molar-refractivity contribution in [2.75, 3.05) is 32.8 Å². The Bertz CT molecular complexity index is 564. The van der Waals surface area contributed by atoms with Gasteiger partial charge in [-0.3, -0.25) is 14.5 Å². The summed E-state index contributed by atoms with van der Waals surface area (Å²) >= 11 is 0. The highest BCUT2D eigenvalue weighted by Crippen LogP contribution is 2.21. The van der Waals surface area contributed by atoms with Crippen LogP contribution in [0.15, 0.2) is 30.3 Å². The molecule has 0 aliphatic carbocycles. The number of amides is 2. The average molecular weight is 331 g/mol. The molecule has 2 N–H and O–H groups in total. The number of benzene rings is 1. The summed E-state index contributed by atoms with van der Waals surface area (Å²) in [6, 6.07) is 9.67. The van der Waals surface area contributed by atoms with E-state index in [1.165, 1.54) is 0 Å². The van der Waals surface area contributed by atoms with Crippen molar-refractivity contribution < 1.29 is 14.3 Å². The molecule has 0 unspecified atom stereocenters. The van der Waals surface area contributed by atoms with Crippen LogP contribution in [0.4, 0.5) is 0 Å². The van der Waals surface area contributed by atoms with E-state index in [1.54, 1.807) is 0 Å². The molecule has 2 amide bonds. The summed E-state index contributed by atoms with van der Waals surface area (Å²) in [4.78, 5) is 26.3. The third kappa shape index (κ3) is 4.55. The SMILES string of the molecule is O=C(CN1CCO[C@@H](c2ccccc2)C1)N[C@@H]1CCCCNC1=O. The monoisotopic (exact) mass is 331 g/mol. The molecule has 1 aromatic rings. The van der Waals surface area contributed by atoms with Crippen LogP contribution >= 0.6 is 0 Å². The Morgan fingerprint density at radius 3 is 2.96 bits per heavy atom. The van der Waals surface area contributed by atoms with Gasteiger partial charge in [0.15, 0.2) is 0 Å². The summed E-state index contributed by atoms with van der Waals surface area (Å²) in [6.45, 7) is 3.03.